The van der Waals surface area contributed by atoms with E-state index in [1.807, 2.05) is 18.2 Å². The van der Waals surface area contributed by atoms with Gasteiger partial charge in [-0.25, -0.2) is 0 Å². The van der Waals surface area contributed by atoms with Gasteiger partial charge in [0.05, 0.1) is 5.60 Å². The first-order chi connectivity index (χ1) is 7.44. The number of benzene rings is 1. The summed E-state index contributed by atoms with van der Waals surface area (Å²) in [5.74, 6) is 0. The zero-order valence-electron chi connectivity index (χ0n) is 9.61. The molecule has 0 saturated heterocycles. The molecule has 3 N–H and O–H groups in total. The summed E-state index contributed by atoms with van der Waals surface area (Å²) in [4.78, 5) is 1.20. The average molecular weight is 304 g/mol. The molecule has 0 aliphatic rings. The normalized spacial score (nSPS) is 16.8. The first kappa shape index (κ1) is 14.0. The van der Waals surface area contributed by atoms with Gasteiger partial charge in [-0.05, 0) is 41.4 Å². The lowest BCUT2D eigenvalue weighted by Gasteiger charge is -2.24. The highest BCUT2D eigenvalue weighted by Crippen LogP contribution is 2.33. The molecule has 2 atom stereocenters. The maximum Gasteiger partial charge on any atom is 0.0752 e. The average Bonchev–Trinajstić information content (AvgIpc) is 2.21. The second kappa shape index (κ2) is 6.05. The molecule has 2 nitrogen and oxygen atoms in total. The Morgan fingerprint density at radius 1 is 1.50 bits per heavy atom. The Morgan fingerprint density at radius 2 is 2.12 bits per heavy atom. The van der Waals surface area contributed by atoms with Crippen molar-refractivity contribution < 1.29 is 5.11 Å². The summed E-state index contributed by atoms with van der Waals surface area (Å²) in [5.41, 5.74) is 4.74. The number of nitrogens with two attached hydrogens (primary N) is 1. The molecule has 0 aromatic heterocycles. The number of hydrogen-bond donors (Lipinski definition) is 2. The Kier molecular flexibility index (Phi) is 5.31. The van der Waals surface area contributed by atoms with Crippen LogP contribution in [0, 0.1) is 0 Å². The summed E-state index contributed by atoms with van der Waals surface area (Å²) in [6.45, 7) is 4.19. The van der Waals surface area contributed by atoms with E-state index in [1.165, 1.54) is 4.90 Å². The highest BCUT2D eigenvalue weighted by Gasteiger charge is 2.22. The Balaban J connectivity index is 2.58. The number of hydrogen-bond acceptors (Lipinski definition) is 3. The van der Waals surface area contributed by atoms with Crippen LogP contribution in [0.5, 0.6) is 0 Å². The molecular weight excluding hydrogens is 286 g/mol. The molecule has 4 heteroatoms. The molecule has 16 heavy (non-hydrogen) atoms. The van der Waals surface area contributed by atoms with Crippen LogP contribution in [0.2, 0.25) is 0 Å². The van der Waals surface area contributed by atoms with Gasteiger partial charge >= 0.3 is 0 Å². The maximum atomic E-state index is 9.89. The maximum absolute atomic E-state index is 9.89. The van der Waals surface area contributed by atoms with Crippen LogP contribution >= 0.6 is 27.7 Å². The summed E-state index contributed by atoms with van der Waals surface area (Å²) in [6.07, 6.45) is 0.690. The molecule has 1 aromatic rings. The molecule has 0 aliphatic carbocycles. The van der Waals surface area contributed by atoms with Gasteiger partial charge in [-0.2, -0.15) is 0 Å². The van der Waals surface area contributed by atoms with E-state index in [4.69, 9.17) is 5.73 Å². The quantitative estimate of drug-likeness (QED) is 0.822. The van der Waals surface area contributed by atoms with E-state index in [0.29, 0.717) is 18.2 Å². The first-order valence-electron chi connectivity index (χ1n) is 5.28. The number of rotatable bonds is 5. The molecule has 0 amide bonds. The lowest BCUT2D eigenvalue weighted by Crippen LogP contribution is -2.36. The molecule has 0 radical (unpaired) electrons. The van der Waals surface area contributed by atoms with E-state index >= 15 is 0 Å². The van der Waals surface area contributed by atoms with E-state index in [1.54, 1.807) is 18.7 Å². The van der Waals surface area contributed by atoms with Gasteiger partial charge in [0.1, 0.15) is 0 Å². The van der Waals surface area contributed by atoms with E-state index in [2.05, 4.69) is 28.9 Å². The van der Waals surface area contributed by atoms with Crippen molar-refractivity contribution in [2.75, 3.05) is 6.54 Å². The molecular formula is C12H18BrNOS. The minimum atomic E-state index is -0.770. The molecule has 0 spiro atoms. The van der Waals surface area contributed by atoms with Gasteiger partial charge in [-0.1, -0.05) is 19.1 Å². The Bertz CT molecular complexity index is 344. The monoisotopic (exact) mass is 303 g/mol. The molecule has 0 fully saturated rings. The summed E-state index contributed by atoms with van der Waals surface area (Å²) in [7, 11) is 0. The molecule has 0 aliphatic heterocycles. The van der Waals surface area contributed by atoms with E-state index in [-0.39, 0.29) is 0 Å². The van der Waals surface area contributed by atoms with Crippen molar-refractivity contribution in [2.45, 2.75) is 36.0 Å². The Hall–Kier alpha value is -0.0300. The van der Waals surface area contributed by atoms with Crippen molar-refractivity contribution in [1.29, 1.82) is 0 Å². The van der Waals surface area contributed by atoms with Gasteiger partial charge in [0.15, 0.2) is 0 Å². The van der Waals surface area contributed by atoms with Crippen LogP contribution in [-0.4, -0.2) is 22.5 Å². The van der Waals surface area contributed by atoms with Gasteiger partial charge < -0.3 is 10.8 Å². The Labute approximate surface area is 110 Å². The minimum Gasteiger partial charge on any atom is -0.389 e. The number of aliphatic hydroxyl groups is 1. The van der Waals surface area contributed by atoms with Crippen LogP contribution in [0.1, 0.15) is 20.3 Å². The van der Waals surface area contributed by atoms with Gasteiger partial charge in [0, 0.05) is 21.2 Å². The Morgan fingerprint density at radius 3 is 2.69 bits per heavy atom. The van der Waals surface area contributed by atoms with Crippen molar-refractivity contribution in [3.05, 3.63) is 28.7 Å². The topological polar surface area (TPSA) is 46.2 Å². The standard InChI is InChI=1S/C12H18BrNOS/c1-9(7-12(2,15)8-14)16-11-6-4-3-5-10(11)13/h3-6,9,15H,7-8,14H2,1-2H3. The highest BCUT2D eigenvalue weighted by atomic mass is 79.9. The number of thioether (sulfide) groups is 1. The van der Waals surface area contributed by atoms with Crippen LogP contribution in [0.4, 0.5) is 0 Å². The highest BCUT2D eigenvalue weighted by molar-refractivity contribution is 9.10. The SMILES string of the molecule is CC(CC(C)(O)CN)Sc1ccccc1Br. The van der Waals surface area contributed by atoms with Crippen molar-refractivity contribution in [1.82, 2.24) is 0 Å². The lowest BCUT2D eigenvalue weighted by molar-refractivity contribution is 0.0608. The third-order valence-electron chi connectivity index (χ3n) is 2.33. The van der Waals surface area contributed by atoms with Gasteiger partial charge in [0.25, 0.3) is 0 Å². The van der Waals surface area contributed by atoms with Crippen LogP contribution in [0.15, 0.2) is 33.6 Å². The third kappa shape index (κ3) is 4.45. The molecule has 0 bridgehead atoms. The van der Waals surface area contributed by atoms with Crippen LogP contribution in [0.3, 0.4) is 0 Å². The van der Waals surface area contributed by atoms with Crippen molar-refractivity contribution in [2.24, 2.45) is 5.73 Å². The summed E-state index contributed by atoms with van der Waals surface area (Å²) < 4.78 is 1.10. The molecule has 1 rings (SSSR count). The van der Waals surface area contributed by atoms with E-state index in [9.17, 15) is 5.11 Å². The molecule has 0 heterocycles. The molecule has 2 unspecified atom stereocenters. The lowest BCUT2D eigenvalue weighted by atomic mass is 10.0. The molecule has 0 saturated carbocycles. The van der Waals surface area contributed by atoms with Gasteiger partial charge in [0.2, 0.25) is 0 Å². The largest absolute Gasteiger partial charge is 0.389 e. The van der Waals surface area contributed by atoms with Crippen molar-refractivity contribution >= 4 is 27.7 Å². The molecule has 90 valence electrons. The fourth-order valence-corrected chi connectivity index (χ4v) is 3.28. The zero-order chi connectivity index (χ0) is 12.2. The zero-order valence-corrected chi connectivity index (χ0v) is 12.0. The second-order valence-electron chi connectivity index (χ2n) is 4.26. The van der Waals surface area contributed by atoms with Crippen LogP contribution in [-0.2, 0) is 0 Å². The smallest absolute Gasteiger partial charge is 0.0752 e. The first-order valence-corrected chi connectivity index (χ1v) is 6.95. The van der Waals surface area contributed by atoms with Crippen LogP contribution in [0.25, 0.3) is 0 Å². The van der Waals surface area contributed by atoms with Gasteiger partial charge in [-0.3, -0.25) is 0 Å². The summed E-state index contributed by atoms with van der Waals surface area (Å²) in [6, 6.07) is 8.11. The third-order valence-corrected chi connectivity index (χ3v) is 4.46. The molecule has 1 aromatic carbocycles. The fraction of sp³-hybridized carbons (Fsp3) is 0.500. The predicted molar refractivity (Wildman–Crippen MR) is 73.8 cm³/mol. The van der Waals surface area contributed by atoms with Crippen molar-refractivity contribution in [3.63, 3.8) is 0 Å². The van der Waals surface area contributed by atoms with E-state index in [0.717, 1.165) is 4.47 Å². The second-order valence-corrected chi connectivity index (χ2v) is 6.60. The summed E-state index contributed by atoms with van der Waals surface area (Å²) in [5, 5.41) is 10.2. The van der Waals surface area contributed by atoms with E-state index < -0.39 is 5.60 Å². The fourth-order valence-electron chi connectivity index (χ4n) is 1.50. The van der Waals surface area contributed by atoms with Crippen LogP contribution < -0.4 is 5.73 Å². The van der Waals surface area contributed by atoms with Gasteiger partial charge in [-0.15, -0.1) is 11.8 Å². The van der Waals surface area contributed by atoms with Crippen molar-refractivity contribution in [3.8, 4) is 0 Å². The minimum absolute atomic E-state index is 0.299. The predicted octanol–water partition coefficient (Wildman–Crippen LogP) is 3.03. The summed E-state index contributed by atoms with van der Waals surface area (Å²) >= 11 is 5.26. The number of halogens is 1.